The van der Waals surface area contributed by atoms with Crippen molar-refractivity contribution >= 4 is 33.2 Å². The normalized spacial score (nSPS) is 17.5. The average molecular weight is 449 g/mol. The van der Waals surface area contributed by atoms with Crippen molar-refractivity contribution < 1.29 is 22.5 Å². The van der Waals surface area contributed by atoms with Gasteiger partial charge in [-0.1, -0.05) is 32.0 Å². The summed E-state index contributed by atoms with van der Waals surface area (Å²) in [7, 11) is -3.92. The van der Waals surface area contributed by atoms with Crippen LogP contribution in [0.4, 0.5) is 11.4 Å². The first-order valence-corrected chi connectivity index (χ1v) is 11.5. The molecule has 2 N–H and O–H groups in total. The van der Waals surface area contributed by atoms with Gasteiger partial charge in [0.25, 0.3) is 0 Å². The van der Waals surface area contributed by atoms with Crippen LogP contribution in [0.3, 0.4) is 0 Å². The van der Waals surface area contributed by atoms with Crippen LogP contribution in [0.15, 0.2) is 33.7 Å². The van der Waals surface area contributed by atoms with E-state index in [1.165, 1.54) is 11.2 Å². The summed E-state index contributed by atoms with van der Waals surface area (Å²) in [6, 6.07) is 5.92. The molecule has 1 saturated heterocycles. The highest BCUT2D eigenvalue weighted by Gasteiger charge is 2.41. The van der Waals surface area contributed by atoms with E-state index in [0.717, 1.165) is 0 Å². The standard InChI is InChI=1S/C21H28N4O5S/c1-13-18(14(2)30-24-13)31(28,29)25-11-7-10-17(25)19(26)22-15-8-6-9-16(12-15)23-20(27)21(3,4)5/h6,8-9,12,17H,7,10-11H2,1-5H3,(H,22,26)(H,23,27). The van der Waals surface area contributed by atoms with E-state index >= 15 is 0 Å². The van der Waals surface area contributed by atoms with E-state index < -0.39 is 27.4 Å². The second kappa shape index (κ2) is 8.43. The number of nitrogens with zero attached hydrogens (tertiary/aromatic N) is 2. The Hall–Kier alpha value is -2.72. The molecule has 1 atom stereocenters. The molecule has 0 bridgehead atoms. The van der Waals surface area contributed by atoms with Crippen molar-refractivity contribution in [3.05, 3.63) is 35.7 Å². The molecule has 31 heavy (non-hydrogen) atoms. The summed E-state index contributed by atoms with van der Waals surface area (Å²) in [5, 5.41) is 9.32. The van der Waals surface area contributed by atoms with Crippen molar-refractivity contribution in [1.29, 1.82) is 0 Å². The van der Waals surface area contributed by atoms with Gasteiger partial charge >= 0.3 is 0 Å². The Bertz CT molecular complexity index is 1080. The summed E-state index contributed by atoms with van der Waals surface area (Å²) < 4.78 is 32.6. The second-order valence-electron chi connectivity index (χ2n) is 8.70. The van der Waals surface area contributed by atoms with Crippen LogP contribution < -0.4 is 10.6 Å². The van der Waals surface area contributed by atoms with Gasteiger partial charge < -0.3 is 15.2 Å². The molecule has 2 heterocycles. The third kappa shape index (κ3) is 4.80. The van der Waals surface area contributed by atoms with E-state index in [0.29, 0.717) is 24.2 Å². The van der Waals surface area contributed by atoms with Gasteiger partial charge in [-0.25, -0.2) is 8.42 Å². The largest absolute Gasteiger partial charge is 0.360 e. The fraction of sp³-hybridized carbons (Fsp3) is 0.476. The number of hydrogen-bond donors (Lipinski definition) is 2. The molecule has 1 unspecified atom stereocenters. The maximum absolute atomic E-state index is 13.2. The number of carbonyl (C=O) groups excluding carboxylic acids is 2. The summed E-state index contributed by atoms with van der Waals surface area (Å²) in [6.45, 7) is 8.76. The van der Waals surface area contributed by atoms with Crippen LogP contribution in [0, 0.1) is 19.3 Å². The highest BCUT2D eigenvalue weighted by molar-refractivity contribution is 7.89. The third-order valence-electron chi connectivity index (χ3n) is 5.11. The summed E-state index contributed by atoms with van der Waals surface area (Å²) in [6.07, 6.45) is 0.983. The SMILES string of the molecule is Cc1noc(C)c1S(=O)(=O)N1CCCC1C(=O)Nc1cccc(NC(=O)C(C)(C)C)c1. The molecule has 3 rings (SSSR count). The Kier molecular flexibility index (Phi) is 6.24. The van der Waals surface area contributed by atoms with Gasteiger partial charge in [0.2, 0.25) is 21.8 Å². The maximum Gasteiger partial charge on any atom is 0.249 e. The monoisotopic (exact) mass is 448 g/mol. The number of anilines is 2. The van der Waals surface area contributed by atoms with E-state index in [2.05, 4.69) is 15.8 Å². The number of aryl methyl sites for hydroxylation is 2. The smallest absolute Gasteiger partial charge is 0.249 e. The van der Waals surface area contributed by atoms with Gasteiger partial charge in [-0.15, -0.1) is 0 Å². The fourth-order valence-corrected chi connectivity index (χ4v) is 5.42. The molecule has 10 heteroatoms. The fourth-order valence-electron chi connectivity index (χ4n) is 3.47. The average Bonchev–Trinajstić information content (AvgIpc) is 3.28. The predicted molar refractivity (Wildman–Crippen MR) is 116 cm³/mol. The van der Waals surface area contributed by atoms with Gasteiger partial charge in [-0.2, -0.15) is 4.31 Å². The summed E-state index contributed by atoms with van der Waals surface area (Å²) in [5.74, 6) is -0.374. The Labute approximate surface area is 182 Å². The number of benzene rings is 1. The molecule has 0 spiro atoms. The Morgan fingerprint density at radius 1 is 1.16 bits per heavy atom. The lowest BCUT2D eigenvalue weighted by atomic mass is 9.95. The Morgan fingerprint density at radius 2 is 1.81 bits per heavy atom. The van der Waals surface area contributed by atoms with E-state index in [1.807, 2.05) is 20.8 Å². The molecule has 1 fully saturated rings. The molecule has 1 aliphatic heterocycles. The van der Waals surface area contributed by atoms with Gasteiger partial charge in [0.15, 0.2) is 5.76 Å². The number of aromatic nitrogens is 1. The van der Waals surface area contributed by atoms with Crippen LogP contribution >= 0.6 is 0 Å². The van der Waals surface area contributed by atoms with Gasteiger partial charge in [-0.05, 0) is 44.9 Å². The molecular formula is C21H28N4O5S. The minimum atomic E-state index is -3.92. The number of amides is 2. The molecule has 1 aliphatic rings. The van der Waals surface area contributed by atoms with Crippen LogP contribution in [-0.2, 0) is 19.6 Å². The van der Waals surface area contributed by atoms with Gasteiger partial charge in [0, 0.05) is 23.3 Å². The molecular weight excluding hydrogens is 420 g/mol. The molecule has 1 aromatic heterocycles. The van der Waals surface area contributed by atoms with Crippen LogP contribution in [0.25, 0.3) is 0 Å². The van der Waals surface area contributed by atoms with Crippen molar-refractivity contribution in [3.8, 4) is 0 Å². The molecule has 2 amide bonds. The van der Waals surface area contributed by atoms with Gasteiger partial charge in [0.1, 0.15) is 16.6 Å². The number of sulfonamides is 1. The van der Waals surface area contributed by atoms with Crippen molar-refractivity contribution in [3.63, 3.8) is 0 Å². The molecule has 168 valence electrons. The maximum atomic E-state index is 13.2. The van der Waals surface area contributed by atoms with E-state index in [9.17, 15) is 18.0 Å². The summed E-state index contributed by atoms with van der Waals surface area (Å²) in [4.78, 5) is 25.2. The molecule has 2 aromatic rings. The van der Waals surface area contributed by atoms with Crippen LogP contribution in [0.1, 0.15) is 45.1 Å². The lowest BCUT2D eigenvalue weighted by molar-refractivity contribution is -0.123. The lowest BCUT2D eigenvalue weighted by Crippen LogP contribution is -2.43. The summed E-state index contributed by atoms with van der Waals surface area (Å²) in [5.41, 5.74) is 0.726. The molecule has 9 nitrogen and oxygen atoms in total. The van der Waals surface area contributed by atoms with Crippen LogP contribution in [-0.4, -0.2) is 42.3 Å². The highest BCUT2D eigenvalue weighted by Crippen LogP contribution is 2.30. The van der Waals surface area contributed by atoms with Crippen molar-refractivity contribution in [2.75, 3.05) is 17.2 Å². The first-order valence-electron chi connectivity index (χ1n) is 10.1. The first-order chi connectivity index (χ1) is 14.4. The van der Waals surface area contributed by atoms with Crippen molar-refractivity contribution in [2.24, 2.45) is 5.41 Å². The number of rotatable bonds is 5. The quantitative estimate of drug-likeness (QED) is 0.725. The second-order valence-corrected chi connectivity index (χ2v) is 10.5. The topological polar surface area (TPSA) is 122 Å². The van der Waals surface area contributed by atoms with E-state index in [4.69, 9.17) is 4.52 Å². The van der Waals surface area contributed by atoms with E-state index in [1.54, 1.807) is 31.2 Å². The molecule has 0 saturated carbocycles. The minimum Gasteiger partial charge on any atom is -0.360 e. The third-order valence-corrected chi connectivity index (χ3v) is 7.26. The lowest BCUT2D eigenvalue weighted by Gasteiger charge is -2.23. The van der Waals surface area contributed by atoms with Gasteiger partial charge in [0.05, 0.1) is 0 Å². The Balaban J connectivity index is 1.78. The number of nitrogens with one attached hydrogen (secondary N) is 2. The molecule has 1 aromatic carbocycles. The zero-order valence-electron chi connectivity index (χ0n) is 18.4. The van der Waals surface area contributed by atoms with Crippen molar-refractivity contribution in [1.82, 2.24) is 9.46 Å². The first kappa shape index (κ1) is 23.0. The Morgan fingerprint density at radius 3 is 2.39 bits per heavy atom. The molecule has 0 radical (unpaired) electrons. The predicted octanol–water partition coefficient (Wildman–Crippen LogP) is 3.07. The van der Waals surface area contributed by atoms with Crippen LogP contribution in [0.5, 0.6) is 0 Å². The summed E-state index contributed by atoms with van der Waals surface area (Å²) >= 11 is 0. The molecule has 0 aliphatic carbocycles. The number of carbonyl (C=O) groups is 2. The minimum absolute atomic E-state index is 0.0130. The van der Waals surface area contributed by atoms with Crippen molar-refractivity contribution in [2.45, 2.75) is 58.4 Å². The number of hydrogen-bond acceptors (Lipinski definition) is 6. The van der Waals surface area contributed by atoms with E-state index in [-0.39, 0.29) is 28.8 Å². The van der Waals surface area contributed by atoms with Gasteiger partial charge in [-0.3, -0.25) is 9.59 Å². The van der Waals surface area contributed by atoms with Crippen LogP contribution in [0.2, 0.25) is 0 Å². The zero-order valence-corrected chi connectivity index (χ0v) is 19.2. The highest BCUT2D eigenvalue weighted by atomic mass is 32.2. The zero-order chi connectivity index (χ0) is 23.0.